The molecule has 6 heteroatoms. The quantitative estimate of drug-likeness (QED) is 0.636. The van der Waals surface area contributed by atoms with E-state index in [1.54, 1.807) is 14.0 Å². The van der Waals surface area contributed by atoms with Gasteiger partial charge in [-0.05, 0) is 30.0 Å². The first-order chi connectivity index (χ1) is 9.98. The fraction of sp³-hybridized carbons (Fsp3) is 0.600. The predicted octanol–water partition coefficient (Wildman–Crippen LogP) is 2.59. The fourth-order valence-corrected chi connectivity index (χ4v) is 3.23. The van der Waals surface area contributed by atoms with Gasteiger partial charge in [0, 0.05) is 30.4 Å². The summed E-state index contributed by atoms with van der Waals surface area (Å²) in [5.41, 5.74) is 1.16. The second-order valence-electron chi connectivity index (χ2n) is 4.97. The Morgan fingerprint density at radius 2 is 1.95 bits per heavy atom. The molecular weight excluding hydrogens is 354 g/mol. The normalized spacial score (nSPS) is 13.3. The highest BCUT2D eigenvalue weighted by molar-refractivity contribution is 9.10. The minimum absolute atomic E-state index is 0.191. The molecule has 4 nitrogen and oxygen atoms in total. The molecule has 0 saturated carbocycles. The van der Waals surface area contributed by atoms with Crippen molar-refractivity contribution in [2.75, 3.05) is 38.3 Å². The monoisotopic (exact) mass is 377 g/mol. The highest BCUT2D eigenvalue weighted by Gasteiger charge is 2.16. The Labute approximate surface area is 136 Å². The molecule has 0 aliphatic carbocycles. The number of nitrogens with one attached hydrogen (secondary N) is 1. The molecule has 0 saturated heterocycles. The van der Waals surface area contributed by atoms with Crippen LogP contribution in [0.4, 0.5) is 0 Å². The zero-order valence-electron chi connectivity index (χ0n) is 12.6. The molecule has 0 aliphatic rings. The van der Waals surface area contributed by atoms with Crippen molar-refractivity contribution in [3.8, 4) is 0 Å². The second-order valence-corrected chi connectivity index (χ2v) is 8.36. The van der Waals surface area contributed by atoms with Crippen LogP contribution < -0.4 is 5.32 Å². The molecule has 120 valence electrons. The van der Waals surface area contributed by atoms with Crippen LogP contribution in [0.1, 0.15) is 24.8 Å². The maximum atomic E-state index is 11.7. The maximum Gasteiger partial charge on any atom is 0.150 e. The molecule has 0 fully saturated rings. The summed E-state index contributed by atoms with van der Waals surface area (Å²) in [6, 6.07) is 8.08. The van der Waals surface area contributed by atoms with Gasteiger partial charge in [-0.2, -0.15) is 0 Å². The maximum absolute atomic E-state index is 11.7. The zero-order valence-corrected chi connectivity index (χ0v) is 15.0. The van der Waals surface area contributed by atoms with E-state index in [0.717, 1.165) is 23.1 Å². The van der Waals surface area contributed by atoms with Crippen LogP contribution in [0.5, 0.6) is 0 Å². The molecule has 0 bridgehead atoms. The molecule has 1 unspecified atom stereocenters. The number of rotatable bonds is 10. The molecule has 21 heavy (non-hydrogen) atoms. The molecule has 1 N–H and O–H groups in total. The first kappa shape index (κ1) is 18.6. The van der Waals surface area contributed by atoms with Crippen molar-refractivity contribution in [1.82, 2.24) is 5.32 Å². The molecule has 0 radical (unpaired) electrons. The van der Waals surface area contributed by atoms with E-state index in [9.17, 15) is 8.42 Å². The average molecular weight is 378 g/mol. The van der Waals surface area contributed by atoms with Gasteiger partial charge in [-0.3, -0.25) is 0 Å². The molecule has 0 aromatic heterocycles. The second kappa shape index (κ2) is 9.56. The summed E-state index contributed by atoms with van der Waals surface area (Å²) in [5.74, 6) is 0.629. The van der Waals surface area contributed by atoms with Crippen molar-refractivity contribution in [2.45, 2.75) is 19.3 Å². The summed E-state index contributed by atoms with van der Waals surface area (Å²) in [7, 11) is -1.26. The SMILES string of the molecule is CCS(=O)(=O)CCC(CNCCOC)c1ccc(Br)cc1. The van der Waals surface area contributed by atoms with E-state index in [1.165, 1.54) is 0 Å². The number of sulfone groups is 1. The Morgan fingerprint density at radius 3 is 2.52 bits per heavy atom. The molecule has 0 heterocycles. The standard InChI is InChI=1S/C15H24BrNO3S/c1-3-21(18,19)11-8-14(12-17-9-10-20-2)13-4-6-15(16)7-5-13/h4-7,14,17H,3,8-12H2,1-2H3. The third kappa shape index (κ3) is 7.40. The van der Waals surface area contributed by atoms with Crippen molar-refractivity contribution < 1.29 is 13.2 Å². The van der Waals surface area contributed by atoms with E-state index in [4.69, 9.17) is 4.74 Å². The molecule has 0 amide bonds. The highest BCUT2D eigenvalue weighted by atomic mass is 79.9. The predicted molar refractivity (Wildman–Crippen MR) is 90.6 cm³/mol. The van der Waals surface area contributed by atoms with Crippen molar-refractivity contribution >= 4 is 25.8 Å². The number of benzene rings is 1. The number of hydrogen-bond donors (Lipinski definition) is 1. The summed E-state index contributed by atoms with van der Waals surface area (Å²) >= 11 is 3.42. The minimum atomic E-state index is -2.93. The highest BCUT2D eigenvalue weighted by Crippen LogP contribution is 2.22. The van der Waals surface area contributed by atoms with E-state index in [2.05, 4.69) is 21.2 Å². The van der Waals surface area contributed by atoms with Crippen molar-refractivity contribution in [2.24, 2.45) is 0 Å². The number of ether oxygens (including phenoxy) is 1. The summed E-state index contributed by atoms with van der Waals surface area (Å²) in [6.07, 6.45) is 0.637. The Balaban J connectivity index is 2.67. The molecule has 0 spiro atoms. The number of halogens is 1. The topological polar surface area (TPSA) is 55.4 Å². The van der Waals surface area contributed by atoms with Crippen LogP contribution in [0.2, 0.25) is 0 Å². The van der Waals surface area contributed by atoms with Crippen LogP contribution in [0.25, 0.3) is 0 Å². The van der Waals surface area contributed by atoms with Gasteiger partial charge in [0.15, 0.2) is 0 Å². The molecule has 1 rings (SSSR count). The summed E-state index contributed by atoms with van der Waals surface area (Å²) in [5, 5.41) is 3.32. The zero-order chi connectivity index (χ0) is 15.7. The van der Waals surface area contributed by atoms with Crippen molar-refractivity contribution in [3.05, 3.63) is 34.3 Å². The van der Waals surface area contributed by atoms with Gasteiger partial charge in [0.05, 0.1) is 12.4 Å². The number of hydrogen-bond acceptors (Lipinski definition) is 4. The van der Waals surface area contributed by atoms with E-state index >= 15 is 0 Å². The van der Waals surface area contributed by atoms with Gasteiger partial charge < -0.3 is 10.1 Å². The van der Waals surface area contributed by atoms with Crippen LogP contribution >= 0.6 is 15.9 Å². The fourth-order valence-electron chi connectivity index (χ4n) is 2.04. The van der Waals surface area contributed by atoms with Gasteiger partial charge in [0.2, 0.25) is 0 Å². The van der Waals surface area contributed by atoms with Crippen LogP contribution in [-0.4, -0.2) is 46.7 Å². The van der Waals surface area contributed by atoms with E-state index in [1.807, 2.05) is 24.3 Å². The minimum Gasteiger partial charge on any atom is -0.383 e. The lowest BCUT2D eigenvalue weighted by Crippen LogP contribution is -2.26. The third-order valence-corrected chi connectivity index (χ3v) is 5.70. The molecule has 0 aliphatic heterocycles. The van der Waals surface area contributed by atoms with E-state index in [-0.39, 0.29) is 17.4 Å². The van der Waals surface area contributed by atoms with Gasteiger partial charge in [-0.15, -0.1) is 0 Å². The lowest BCUT2D eigenvalue weighted by atomic mass is 9.96. The van der Waals surface area contributed by atoms with Gasteiger partial charge >= 0.3 is 0 Å². The Bertz CT molecular complexity index is 502. The Morgan fingerprint density at radius 1 is 1.29 bits per heavy atom. The van der Waals surface area contributed by atoms with E-state index in [0.29, 0.717) is 13.0 Å². The first-order valence-corrected chi connectivity index (χ1v) is 9.75. The Kier molecular flexibility index (Phi) is 8.48. The molecular formula is C15H24BrNO3S. The number of methoxy groups -OCH3 is 1. The van der Waals surface area contributed by atoms with Gasteiger partial charge in [-0.1, -0.05) is 35.0 Å². The molecule has 1 aromatic rings. The van der Waals surface area contributed by atoms with Crippen LogP contribution in [0.3, 0.4) is 0 Å². The van der Waals surface area contributed by atoms with Crippen LogP contribution in [-0.2, 0) is 14.6 Å². The third-order valence-electron chi connectivity index (χ3n) is 3.43. The lowest BCUT2D eigenvalue weighted by Gasteiger charge is -2.18. The summed E-state index contributed by atoms with van der Waals surface area (Å²) in [6.45, 7) is 3.87. The largest absolute Gasteiger partial charge is 0.383 e. The van der Waals surface area contributed by atoms with Gasteiger partial charge in [0.1, 0.15) is 9.84 Å². The Hall–Kier alpha value is -0.430. The van der Waals surface area contributed by atoms with Crippen molar-refractivity contribution in [3.63, 3.8) is 0 Å². The van der Waals surface area contributed by atoms with Crippen LogP contribution in [0, 0.1) is 0 Å². The summed E-state index contributed by atoms with van der Waals surface area (Å²) < 4.78 is 29.5. The van der Waals surface area contributed by atoms with Gasteiger partial charge in [0.25, 0.3) is 0 Å². The van der Waals surface area contributed by atoms with E-state index < -0.39 is 9.84 Å². The first-order valence-electron chi connectivity index (χ1n) is 7.14. The van der Waals surface area contributed by atoms with Crippen LogP contribution in [0.15, 0.2) is 28.7 Å². The molecule has 1 atom stereocenters. The van der Waals surface area contributed by atoms with Gasteiger partial charge in [-0.25, -0.2) is 8.42 Å². The summed E-state index contributed by atoms with van der Waals surface area (Å²) in [4.78, 5) is 0. The smallest absolute Gasteiger partial charge is 0.150 e. The molecule has 1 aromatic carbocycles. The van der Waals surface area contributed by atoms with Crippen molar-refractivity contribution in [1.29, 1.82) is 0 Å². The average Bonchev–Trinajstić information content (AvgIpc) is 2.48. The lowest BCUT2D eigenvalue weighted by molar-refractivity contribution is 0.199.